The summed E-state index contributed by atoms with van der Waals surface area (Å²) in [5.74, 6) is 0.615. The lowest BCUT2D eigenvalue weighted by molar-refractivity contribution is 0.532. The molecule has 1 saturated carbocycles. The molecule has 1 aliphatic carbocycles. The standard InChI is InChI=1S/C15H15BrClN3O/c16-14-13(18-7-11-3-1-2-4-12(11)17)8-19-20(15(14)21)9-10-5-6-10/h1-4,8,10,18H,5-7,9H2. The van der Waals surface area contributed by atoms with Crippen molar-refractivity contribution in [1.29, 1.82) is 0 Å². The van der Waals surface area contributed by atoms with Gasteiger partial charge in [0.2, 0.25) is 0 Å². The number of hydrogen-bond donors (Lipinski definition) is 1. The van der Waals surface area contributed by atoms with Crippen LogP contribution in [0.4, 0.5) is 5.69 Å². The molecule has 0 bridgehead atoms. The van der Waals surface area contributed by atoms with Crippen molar-refractivity contribution < 1.29 is 0 Å². The van der Waals surface area contributed by atoms with Gasteiger partial charge in [0, 0.05) is 18.1 Å². The number of hydrogen-bond acceptors (Lipinski definition) is 3. The number of anilines is 1. The summed E-state index contributed by atoms with van der Waals surface area (Å²) in [4.78, 5) is 12.2. The van der Waals surface area contributed by atoms with Crippen LogP contribution in [0, 0.1) is 5.92 Å². The maximum Gasteiger partial charge on any atom is 0.283 e. The third-order valence-electron chi connectivity index (χ3n) is 3.54. The van der Waals surface area contributed by atoms with Crippen LogP contribution in [0.25, 0.3) is 0 Å². The maximum absolute atomic E-state index is 12.2. The lowest BCUT2D eigenvalue weighted by atomic mass is 10.2. The largest absolute Gasteiger partial charge is 0.379 e. The summed E-state index contributed by atoms with van der Waals surface area (Å²) in [7, 11) is 0. The average molecular weight is 369 g/mol. The molecule has 0 aliphatic heterocycles. The van der Waals surface area contributed by atoms with Gasteiger partial charge < -0.3 is 5.32 Å². The van der Waals surface area contributed by atoms with E-state index in [1.165, 1.54) is 17.5 Å². The van der Waals surface area contributed by atoms with Crippen molar-refractivity contribution in [2.24, 2.45) is 5.92 Å². The van der Waals surface area contributed by atoms with E-state index < -0.39 is 0 Å². The van der Waals surface area contributed by atoms with E-state index in [1.54, 1.807) is 6.20 Å². The van der Waals surface area contributed by atoms with E-state index in [4.69, 9.17) is 11.6 Å². The number of halogens is 2. The molecule has 0 atom stereocenters. The first-order valence-electron chi connectivity index (χ1n) is 6.88. The summed E-state index contributed by atoms with van der Waals surface area (Å²) in [6.45, 7) is 1.26. The van der Waals surface area contributed by atoms with Gasteiger partial charge in [-0.2, -0.15) is 5.10 Å². The molecular formula is C15H15BrClN3O. The zero-order valence-corrected chi connectivity index (χ0v) is 13.7. The number of benzene rings is 1. The van der Waals surface area contributed by atoms with Crippen LogP contribution in [0.15, 0.2) is 39.7 Å². The Bertz CT molecular complexity index is 712. The summed E-state index contributed by atoms with van der Waals surface area (Å²) < 4.78 is 2.05. The molecule has 1 aliphatic rings. The minimum absolute atomic E-state index is 0.0916. The third-order valence-corrected chi connectivity index (χ3v) is 4.68. The molecule has 1 fully saturated rings. The summed E-state index contributed by atoms with van der Waals surface area (Å²) in [5.41, 5.74) is 1.58. The van der Waals surface area contributed by atoms with Gasteiger partial charge in [-0.25, -0.2) is 4.68 Å². The molecule has 21 heavy (non-hydrogen) atoms. The predicted octanol–water partition coefficient (Wildman–Crippen LogP) is 3.68. The molecule has 1 aromatic heterocycles. The molecule has 0 radical (unpaired) electrons. The molecule has 0 saturated heterocycles. The van der Waals surface area contributed by atoms with Crippen LogP contribution in [0.5, 0.6) is 0 Å². The summed E-state index contributed by atoms with van der Waals surface area (Å²) in [5, 5.41) is 8.14. The quantitative estimate of drug-likeness (QED) is 0.875. The highest BCUT2D eigenvalue weighted by Gasteiger charge is 2.23. The van der Waals surface area contributed by atoms with Crippen LogP contribution in [-0.4, -0.2) is 9.78 Å². The number of nitrogens with zero attached hydrogens (tertiary/aromatic N) is 2. The number of nitrogens with one attached hydrogen (secondary N) is 1. The number of aromatic nitrogens is 2. The molecule has 1 heterocycles. The van der Waals surface area contributed by atoms with Crippen LogP contribution >= 0.6 is 27.5 Å². The lowest BCUT2D eigenvalue weighted by Gasteiger charge is -2.11. The van der Waals surface area contributed by atoms with E-state index in [0.717, 1.165) is 5.56 Å². The monoisotopic (exact) mass is 367 g/mol. The van der Waals surface area contributed by atoms with E-state index in [1.807, 2.05) is 24.3 Å². The molecule has 6 heteroatoms. The fourth-order valence-electron chi connectivity index (χ4n) is 2.10. The van der Waals surface area contributed by atoms with Crippen molar-refractivity contribution in [1.82, 2.24) is 9.78 Å². The van der Waals surface area contributed by atoms with Crippen LogP contribution in [0.3, 0.4) is 0 Å². The molecule has 1 N–H and O–H groups in total. The first-order chi connectivity index (χ1) is 10.1. The predicted molar refractivity (Wildman–Crippen MR) is 87.7 cm³/mol. The Hall–Kier alpha value is -1.33. The second kappa shape index (κ2) is 6.20. The molecule has 0 unspecified atom stereocenters. The van der Waals surface area contributed by atoms with Crippen molar-refractivity contribution in [3.8, 4) is 0 Å². The van der Waals surface area contributed by atoms with Gasteiger partial charge in [0.1, 0.15) is 4.47 Å². The first-order valence-corrected chi connectivity index (χ1v) is 8.05. The topological polar surface area (TPSA) is 46.9 Å². The Morgan fingerprint density at radius 1 is 1.38 bits per heavy atom. The Morgan fingerprint density at radius 3 is 2.86 bits per heavy atom. The van der Waals surface area contributed by atoms with Gasteiger partial charge >= 0.3 is 0 Å². The van der Waals surface area contributed by atoms with E-state index in [-0.39, 0.29) is 5.56 Å². The minimum Gasteiger partial charge on any atom is -0.379 e. The van der Waals surface area contributed by atoms with Gasteiger partial charge in [-0.05, 0) is 46.3 Å². The summed E-state index contributed by atoms with van der Waals surface area (Å²) in [6, 6.07) is 7.62. The fourth-order valence-corrected chi connectivity index (χ4v) is 2.75. The average Bonchev–Trinajstić information content (AvgIpc) is 3.29. The Kier molecular flexibility index (Phi) is 4.31. The molecule has 4 nitrogen and oxygen atoms in total. The van der Waals surface area contributed by atoms with Gasteiger partial charge in [0.25, 0.3) is 5.56 Å². The number of rotatable bonds is 5. The highest BCUT2D eigenvalue weighted by atomic mass is 79.9. The highest BCUT2D eigenvalue weighted by Crippen LogP contribution is 2.30. The van der Waals surface area contributed by atoms with Gasteiger partial charge in [-0.3, -0.25) is 4.79 Å². The van der Waals surface area contributed by atoms with E-state index in [9.17, 15) is 4.79 Å². The van der Waals surface area contributed by atoms with Crippen LogP contribution in [0.2, 0.25) is 5.02 Å². The molecular weight excluding hydrogens is 354 g/mol. The highest BCUT2D eigenvalue weighted by molar-refractivity contribution is 9.10. The zero-order chi connectivity index (χ0) is 14.8. The zero-order valence-electron chi connectivity index (χ0n) is 11.4. The first kappa shape index (κ1) is 14.6. The third kappa shape index (κ3) is 3.47. The smallest absolute Gasteiger partial charge is 0.283 e. The maximum atomic E-state index is 12.2. The van der Waals surface area contributed by atoms with Crippen LogP contribution in [0.1, 0.15) is 18.4 Å². The Morgan fingerprint density at radius 2 is 2.14 bits per heavy atom. The van der Waals surface area contributed by atoms with Gasteiger partial charge in [0.05, 0.1) is 11.9 Å². The second-order valence-electron chi connectivity index (χ2n) is 5.25. The second-order valence-corrected chi connectivity index (χ2v) is 6.45. The molecule has 0 spiro atoms. The normalized spacial score (nSPS) is 14.2. The van der Waals surface area contributed by atoms with Crippen LogP contribution in [-0.2, 0) is 13.1 Å². The molecule has 110 valence electrons. The van der Waals surface area contributed by atoms with E-state index in [0.29, 0.717) is 34.2 Å². The van der Waals surface area contributed by atoms with E-state index >= 15 is 0 Å². The van der Waals surface area contributed by atoms with Crippen molar-refractivity contribution in [2.75, 3.05) is 5.32 Å². The summed E-state index contributed by atoms with van der Waals surface area (Å²) >= 11 is 9.48. The van der Waals surface area contributed by atoms with Crippen molar-refractivity contribution in [3.05, 3.63) is 55.9 Å². The van der Waals surface area contributed by atoms with Crippen molar-refractivity contribution >= 4 is 33.2 Å². The van der Waals surface area contributed by atoms with Gasteiger partial charge in [-0.1, -0.05) is 29.8 Å². The Labute approximate surface area is 136 Å². The van der Waals surface area contributed by atoms with Gasteiger partial charge in [0.15, 0.2) is 0 Å². The van der Waals surface area contributed by atoms with Crippen molar-refractivity contribution in [3.63, 3.8) is 0 Å². The van der Waals surface area contributed by atoms with Gasteiger partial charge in [-0.15, -0.1) is 0 Å². The fraction of sp³-hybridized carbons (Fsp3) is 0.333. The van der Waals surface area contributed by atoms with Crippen molar-refractivity contribution in [2.45, 2.75) is 25.9 Å². The molecule has 3 rings (SSSR count). The Balaban J connectivity index is 1.75. The van der Waals surface area contributed by atoms with Crippen LogP contribution < -0.4 is 10.9 Å². The SMILES string of the molecule is O=c1c(Br)c(NCc2ccccc2Cl)cnn1CC1CC1. The molecule has 1 aromatic carbocycles. The lowest BCUT2D eigenvalue weighted by Crippen LogP contribution is -2.25. The minimum atomic E-state index is -0.0916. The molecule has 0 amide bonds. The van der Waals surface area contributed by atoms with E-state index in [2.05, 4.69) is 26.3 Å². The molecule has 2 aromatic rings. The summed E-state index contributed by atoms with van der Waals surface area (Å²) in [6.07, 6.45) is 4.07.